The van der Waals surface area contributed by atoms with Crippen molar-refractivity contribution in [3.8, 4) is 22.3 Å². The fourth-order valence-corrected chi connectivity index (χ4v) is 9.83. The molecular formula is C42H50Cl4N10O4. The maximum atomic E-state index is 12.3. The van der Waals surface area contributed by atoms with Gasteiger partial charge in [-0.15, -0.1) is 0 Å². The highest BCUT2D eigenvalue weighted by molar-refractivity contribution is 6.44. The summed E-state index contributed by atoms with van der Waals surface area (Å²) in [6.45, 7) is 12.0. The molecule has 4 aliphatic heterocycles. The van der Waals surface area contributed by atoms with E-state index in [1.165, 1.54) is 0 Å². The summed E-state index contributed by atoms with van der Waals surface area (Å²) in [5.74, 6) is -0.306. The number of piperidine rings is 2. The van der Waals surface area contributed by atoms with E-state index in [4.69, 9.17) is 78.8 Å². The van der Waals surface area contributed by atoms with Crippen molar-refractivity contribution in [2.45, 2.75) is 77.7 Å². The zero-order valence-corrected chi connectivity index (χ0v) is 37.0. The van der Waals surface area contributed by atoms with Crippen molar-refractivity contribution in [3.05, 3.63) is 79.3 Å². The van der Waals surface area contributed by atoms with Crippen molar-refractivity contribution >= 4 is 70.1 Å². The number of anilines is 2. The minimum absolute atomic E-state index is 0.00820. The molecule has 8 rings (SSSR count). The number of nitrogens with two attached hydrogens (primary N) is 4. The first-order valence-electron chi connectivity index (χ1n) is 20.0. The first kappa shape index (κ1) is 44.2. The second-order valence-corrected chi connectivity index (χ2v) is 17.9. The third-order valence-electron chi connectivity index (χ3n) is 12.8. The lowest BCUT2D eigenvalue weighted by Crippen LogP contribution is -2.51. The summed E-state index contributed by atoms with van der Waals surface area (Å²) in [7, 11) is 0. The fraction of sp³-hybridized carbons (Fsp3) is 0.476. The molecule has 4 aliphatic rings. The fourth-order valence-electron chi connectivity index (χ4n) is 9.04. The number of hydrogen-bond acceptors (Lipinski definition) is 12. The summed E-state index contributed by atoms with van der Waals surface area (Å²) in [5.41, 5.74) is 27.9. The number of primary amides is 2. The molecule has 4 aromatic rings. The van der Waals surface area contributed by atoms with Gasteiger partial charge < -0.3 is 42.2 Å². The summed E-state index contributed by atoms with van der Waals surface area (Å²) < 4.78 is 11.6. The van der Waals surface area contributed by atoms with Crippen LogP contribution >= 0.6 is 46.4 Å². The Morgan fingerprint density at radius 2 is 0.983 bits per heavy atom. The van der Waals surface area contributed by atoms with Crippen molar-refractivity contribution in [1.82, 2.24) is 19.9 Å². The Kier molecular flexibility index (Phi) is 12.9. The van der Waals surface area contributed by atoms with Gasteiger partial charge in [-0.1, -0.05) is 70.7 Å². The summed E-state index contributed by atoms with van der Waals surface area (Å²) in [6, 6.07) is 10.5. The number of hydrogen-bond donors (Lipinski definition) is 4. The summed E-state index contributed by atoms with van der Waals surface area (Å²) in [6.07, 6.45) is 3.67. The molecule has 0 saturated carbocycles. The molecule has 18 heteroatoms. The average molecular weight is 901 g/mol. The molecular weight excluding hydrogens is 850 g/mol. The predicted octanol–water partition coefficient (Wildman–Crippen LogP) is 6.38. The molecule has 2 aromatic carbocycles. The van der Waals surface area contributed by atoms with Crippen LogP contribution in [0.5, 0.6) is 0 Å². The number of ether oxygens (including phenoxy) is 2. The summed E-state index contributed by atoms with van der Waals surface area (Å²) >= 11 is 25.1. The van der Waals surface area contributed by atoms with E-state index in [0.29, 0.717) is 78.8 Å². The van der Waals surface area contributed by atoms with Gasteiger partial charge in [-0.05, 0) is 65.5 Å². The Labute approximate surface area is 369 Å². The molecule has 2 spiro atoms. The standard InChI is InChI=1S/2C21H25Cl2N5O2/c2*1-11-15(13-4-3-5-14(22)16(13)23)17(19(25)29)27-20(26-11)28-8-6-21(7-9-28)10-30-12(2)18(21)24/h2*3-5,12,18H,6-10,24H2,1-2H3,(H2,25,29)/t2*12-,18+/m00/s1. The maximum Gasteiger partial charge on any atom is 0.268 e. The molecule has 0 radical (unpaired) electrons. The molecule has 4 atom stereocenters. The number of nitrogens with zero attached hydrogens (tertiary/aromatic N) is 6. The monoisotopic (exact) mass is 898 g/mol. The molecule has 6 heterocycles. The minimum atomic E-state index is -0.638. The number of aromatic nitrogens is 4. The molecule has 4 fully saturated rings. The predicted molar refractivity (Wildman–Crippen MR) is 236 cm³/mol. The van der Waals surface area contributed by atoms with Gasteiger partial charge in [0.2, 0.25) is 11.9 Å². The lowest BCUT2D eigenvalue weighted by molar-refractivity contribution is 0.0971. The van der Waals surface area contributed by atoms with E-state index in [2.05, 4.69) is 29.7 Å². The van der Waals surface area contributed by atoms with Gasteiger partial charge in [0.05, 0.1) is 56.9 Å². The van der Waals surface area contributed by atoms with Crippen LogP contribution in [0.25, 0.3) is 22.3 Å². The van der Waals surface area contributed by atoms with Crippen LogP contribution in [0.1, 0.15) is 71.9 Å². The average Bonchev–Trinajstić information content (AvgIpc) is 3.65. The van der Waals surface area contributed by atoms with Crippen molar-refractivity contribution in [2.24, 2.45) is 33.8 Å². The number of aryl methyl sites for hydroxylation is 2. The van der Waals surface area contributed by atoms with Crippen molar-refractivity contribution in [1.29, 1.82) is 0 Å². The number of carbonyl (C=O) groups excluding carboxylic acids is 2. The second-order valence-electron chi connectivity index (χ2n) is 16.4. The molecule has 0 unspecified atom stereocenters. The normalized spacial score (nSPS) is 23.2. The number of amides is 2. The van der Waals surface area contributed by atoms with Crippen LogP contribution < -0.4 is 32.7 Å². The van der Waals surface area contributed by atoms with Gasteiger partial charge in [-0.3, -0.25) is 9.59 Å². The third kappa shape index (κ3) is 8.25. The number of halogens is 4. The second kappa shape index (κ2) is 17.5. The molecule has 2 aromatic heterocycles. The van der Waals surface area contributed by atoms with Gasteiger partial charge >= 0.3 is 0 Å². The molecule has 4 saturated heterocycles. The van der Waals surface area contributed by atoms with Crippen molar-refractivity contribution in [3.63, 3.8) is 0 Å². The highest BCUT2D eigenvalue weighted by Gasteiger charge is 2.49. The van der Waals surface area contributed by atoms with Crippen LogP contribution in [0.2, 0.25) is 20.1 Å². The van der Waals surface area contributed by atoms with Crippen LogP contribution in [0.15, 0.2) is 36.4 Å². The van der Waals surface area contributed by atoms with Crippen LogP contribution in [-0.2, 0) is 9.47 Å². The van der Waals surface area contributed by atoms with Crippen LogP contribution in [0.3, 0.4) is 0 Å². The molecule has 0 bridgehead atoms. The molecule has 14 nitrogen and oxygen atoms in total. The highest BCUT2D eigenvalue weighted by Crippen LogP contribution is 2.44. The molecule has 2 amide bonds. The largest absolute Gasteiger partial charge is 0.376 e. The van der Waals surface area contributed by atoms with E-state index in [1.54, 1.807) is 36.4 Å². The Hall–Kier alpha value is -3.86. The van der Waals surface area contributed by atoms with Crippen molar-refractivity contribution < 1.29 is 19.1 Å². The Balaban J connectivity index is 0.000000181. The number of rotatable bonds is 6. The van der Waals surface area contributed by atoms with E-state index in [-0.39, 0.29) is 46.5 Å². The van der Waals surface area contributed by atoms with Gasteiger partial charge in [0, 0.05) is 71.3 Å². The first-order chi connectivity index (χ1) is 28.5. The quantitative estimate of drug-likeness (QED) is 0.166. The minimum Gasteiger partial charge on any atom is -0.376 e. The van der Waals surface area contributed by atoms with E-state index >= 15 is 0 Å². The van der Waals surface area contributed by atoms with E-state index in [1.807, 2.05) is 27.7 Å². The van der Waals surface area contributed by atoms with Gasteiger partial charge in [0.25, 0.3) is 11.8 Å². The Bertz CT molecular complexity index is 2140. The SMILES string of the molecule is Cc1nc(N2CCC3(CC2)CO[C@@H](C)[C@H]3N)nc(C(N)=O)c1-c1cccc(Cl)c1Cl.Cc1nc(N2CCC3(CC2)CO[C@@H](C)[C@H]3N)nc(C(N)=O)c1-c1cccc(Cl)c1Cl. The van der Waals surface area contributed by atoms with Crippen LogP contribution in [0, 0.1) is 24.7 Å². The first-order valence-corrected chi connectivity index (χ1v) is 21.5. The van der Waals surface area contributed by atoms with Gasteiger partial charge in [-0.25, -0.2) is 19.9 Å². The van der Waals surface area contributed by atoms with E-state index < -0.39 is 11.8 Å². The topological polar surface area (TPSA) is 215 Å². The lowest BCUT2D eigenvalue weighted by atomic mass is 9.73. The number of benzene rings is 2. The summed E-state index contributed by atoms with van der Waals surface area (Å²) in [5, 5.41) is 1.45. The highest BCUT2D eigenvalue weighted by atomic mass is 35.5. The van der Waals surface area contributed by atoms with Crippen LogP contribution in [0.4, 0.5) is 11.9 Å². The van der Waals surface area contributed by atoms with E-state index in [9.17, 15) is 9.59 Å². The molecule has 60 heavy (non-hydrogen) atoms. The van der Waals surface area contributed by atoms with E-state index in [0.717, 1.165) is 51.9 Å². The molecule has 8 N–H and O–H groups in total. The van der Waals surface area contributed by atoms with Gasteiger partial charge in [0.15, 0.2) is 0 Å². The maximum absolute atomic E-state index is 12.3. The third-order valence-corrected chi connectivity index (χ3v) is 14.5. The van der Waals surface area contributed by atoms with Crippen molar-refractivity contribution in [2.75, 3.05) is 49.2 Å². The zero-order chi connectivity index (χ0) is 43.3. The lowest BCUT2D eigenvalue weighted by Gasteiger charge is -2.41. The smallest absolute Gasteiger partial charge is 0.268 e. The zero-order valence-electron chi connectivity index (χ0n) is 34.0. The molecule has 320 valence electrons. The Morgan fingerprint density at radius 1 is 0.633 bits per heavy atom. The van der Waals surface area contributed by atoms with Crippen LogP contribution in [-0.4, -0.2) is 95.4 Å². The van der Waals surface area contributed by atoms with Gasteiger partial charge in [-0.2, -0.15) is 0 Å². The van der Waals surface area contributed by atoms with Gasteiger partial charge in [0.1, 0.15) is 11.4 Å². The number of carbonyl (C=O) groups is 2. The molecule has 0 aliphatic carbocycles. The Morgan fingerprint density at radius 3 is 1.28 bits per heavy atom. The summed E-state index contributed by atoms with van der Waals surface area (Å²) in [4.78, 5) is 47.1.